The van der Waals surface area contributed by atoms with Crippen LogP contribution < -0.4 is 5.73 Å². The maximum Gasteiger partial charge on any atom is 0.181 e. The SMILES string of the molecule is CN(Cc1ccc2ncoc2c1)C1CCC(N)CC1. The number of oxazole rings is 1. The Balaban J connectivity index is 1.66. The van der Waals surface area contributed by atoms with Gasteiger partial charge in [0, 0.05) is 18.6 Å². The first kappa shape index (κ1) is 12.6. The molecule has 0 amide bonds. The summed E-state index contributed by atoms with van der Waals surface area (Å²) < 4.78 is 5.35. The fraction of sp³-hybridized carbons (Fsp3) is 0.533. The maximum atomic E-state index is 5.96. The van der Waals surface area contributed by atoms with Crippen molar-refractivity contribution >= 4 is 11.1 Å². The molecule has 1 fully saturated rings. The summed E-state index contributed by atoms with van der Waals surface area (Å²) in [6.45, 7) is 0.955. The van der Waals surface area contributed by atoms with Crippen molar-refractivity contribution in [1.29, 1.82) is 0 Å². The van der Waals surface area contributed by atoms with Gasteiger partial charge >= 0.3 is 0 Å². The molecule has 1 aromatic heterocycles. The summed E-state index contributed by atoms with van der Waals surface area (Å²) in [7, 11) is 2.20. The van der Waals surface area contributed by atoms with Gasteiger partial charge in [-0.3, -0.25) is 4.90 Å². The van der Waals surface area contributed by atoms with Crippen LogP contribution in [0.15, 0.2) is 29.0 Å². The summed E-state index contributed by atoms with van der Waals surface area (Å²) >= 11 is 0. The molecule has 19 heavy (non-hydrogen) atoms. The Hall–Kier alpha value is -1.39. The van der Waals surface area contributed by atoms with Crippen LogP contribution in [0.5, 0.6) is 0 Å². The first-order chi connectivity index (χ1) is 9.22. The van der Waals surface area contributed by atoms with Crippen LogP contribution in [0.25, 0.3) is 11.1 Å². The minimum Gasteiger partial charge on any atom is -0.443 e. The molecule has 1 heterocycles. The standard InChI is InChI=1S/C15H21N3O/c1-18(13-5-3-12(16)4-6-13)9-11-2-7-14-15(8-11)19-10-17-14/h2,7-8,10,12-13H,3-6,9,16H2,1H3. The summed E-state index contributed by atoms with van der Waals surface area (Å²) in [5, 5.41) is 0. The highest BCUT2D eigenvalue weighted by Crippen LogP contribution is 2.23. The van der Waals surface area contributed by atoms with Gasteiger partial charge in [-0.15, -0.1) is 0 Å². The van der Waals surface area contributed by atoms with E-state index >= 15 is 0 Å². The molecule has 102 valence electrons. The normalized spacial score (nSPS) is 24.2. The molecule has 0 saturated heterocycles. The van der Waals surface area contributed by atoms with E-state index in [9.17, 15) is 0 Å². The lowest BCUT2D eigenvalue weighted by atomic mass is 9.91. The third-order valence-electron chi connectivity index (χ3n) is 4.19. The number of nitrogens with zero attached hydrogens (tertiary/aromatic N) is 2. The van der Waals surface area contributed by atoms with Crippen LogP contribution in [-0.2, 0) is 6.54 Å². The molecule has 1 saturated carbocycles. The summed E-state index contributed by atoms with van der Waals surface area (Å²) in [4.78, 5) is 6.58. The van der Waals surface area contributed by atoms with E-state index in [4.69, 9.17) is 10.2 Å². The Morgan fingerprint density at radius 1 is 1.32 bits per heavy atom. The monoisotopic (exact) mass is 259 g/mol. The maximum absolute atomic E-state index is 5.96. The van der Waals surface area contributed by atoms with E-state index in [0.29, 0.717) is 12.1 Å². The summed E-state index contributed by atoms with van der Waals surface area (Å²) in [5.41, 5.74) is 9.04. The van der Waals surface area contributed by atoms with Crippen molar-refractivity contribution in [3.05, 3.63) is 30.2 Å². The van der Waals surface area contributed by atoms with Gasteiger partial charge in [-0.05, 0) is 50.4 Å². The summed E-state index contributed by atoms with van der Waals surface area (Å²) in [6, 6.07) is 7.32. The Bertz CT molecular complexity index is 543. The molecular weight excluding hydrogens is 238 g/mol. The first-order valence-electron chi connectivity index (χ1n) is 7.00. The molecule has 2 N–H and O–H groups in total. The quantitative estimate of drug-likeness (QED) is 0.920. The fourth-order valence-electron chi connectivity index (χ4n) is 2.96. The number of rotatable bonds is 3. The van der Waals surface area contributed by atoms with Crippen molar-refractivity contribution < 1.29 is 4.42 Å². The Morgan fingerprint density at radius 3 is 2.89 bits per heavy atom. The molecule has 1 aromatic carbocycles. The van der Waals surface area contributed by atoms with Gasteiger partial charge in [-0.25, -0.2) is 4.98 Å². The predicted octanol–water partition coefficient (Wildman–Crippen LogP) is 2.53. The first-order valence-corrected chi connectivity index (χ1v) is 7.00. The van der Waals surface area contributed by atoms with Crippen molar-refractivity contribution in [3.8, 4) is 0 Å². The zero-order valence-corrected chi connectivity index (χ0v) is 11.4. The molecule has 0 unspecified atom stereocenters. The minimum absolute atomic E-state index is 0.412. The Kier molecular flexibility index (Phi) is 3.53. The van der Waals surface area contributed by atoms with Crippen LogP contribution in [0.3, 0.4) is 0 Å². The average Bonchev–Trinajstić information content (AvgIpc) is 2.87. The van der Waals surface area contributed by atoms with Crippen LogP contribution in [0.4, 0.5) is 0 Å². The molecule has 1 aliphatic rings. The minimum atomic E-state index is 0.412. The smallest absolute Gasteiger partial charge is 0.181 e. The van der Waals surface area contributed by atoms with Crippen LogP contribution in [-0.4, -0.2) is 29.0 Å². The van der Waals surface area contributed by atoms with Crippen LogP contribution in [0.1, 0.15) is 31.2 Å². The molecule has 0 bridgehead atoms. The van der Waals surface area contributed by atoms with E-state index in [1.54, 1.807) is 0 Å². The van der Waals surface area contributed by atoms with Crippen molar-refractivity contribution in [1.82, 2.24) is 9.88 Å². The van der Waals surface area contributed by atoms with Gasteiger partial charge in [-0.1, -0.05) is 6.07 Å². The van der Waals surface area contributed by atoms with Crippen molar-refractivity contribution in [3.63, 3.8) is 0 Å². The molecule has 1 aliphatic carbocycles. The summed E-state index contributed by atoms with van der Waals surface area (Å²) in [6.07, 6.45) is 6.22. The number of nitrogens with two attached hydrogens (primary N) is 1. The van der Waals surface area contributed by atoms with E-state index in [-0.39, 0.29) is 0 Å². The second kappa shape index (κ2) is 5.31. The van der Waals surface area contributed by atoms with Gasteiger partial charge in [-0.2, -0.15) is 0 Å². The molecule has 2 aromatic rings. The zero-order valence-electron chi connectivity index (χ0n) is 11.4. The van der Waals surface area contributed by atoms with Gasteiger partial charge in [0.1, 0.15) is 5.52 Å². The Morgan fingerprint density at radius 2 is 2.11 bits per heavy atom. The van der Waals surface area contributed by atoms with Gasteiger partial charge < -0.3 is 10.2 Å². The zero-order chi connectivity index (χ0) is 13.2. The van der Waals surface area contributed by atoms with Gasteiger partial charge in [0.15, 0.2) is 12.0 Å². The number of benzene rings is 1. The molecule has 3 rings (SSSR count). The van der Waals surface area contributed by atoms with Crippen molar-refractivity contribution in [2.75, 3.05) is 7.05 Å². The highest BCUT2D eigenvalue weighted by atomic mass is 16.3. The largest absolute Gasteiger partial charge is 0.443 e. The lowest BCUT2D eigenvalue weighted by Crippen LogP contribution is -2.38. The number of aromatic nitrogens is 1. The molecule has 0 spiro atoms. The molecule has 0 atom stereocenters. The van der Waals surface area contributed by atoms with E-state index < -0.39 is 0 Å². The fourth-order valence-corrected chi connectivity index (χ4v) is 2.96. The third-order valence-corrected chi connectivity index (χ3v) is 4.19. The van der Waals surface area contributed by atoms with Gasteiger partial charge in [0.05, 0.1) is 0 Å². The van der Waals surface area contributed by atoms with E-state index in [1.807, 2.05) is 6.07 Å². The van der Waals surface area contributed by atoms with Crippen molar-refractivity contribution in [2.24, 2.45) is 5.73 Å². The van der Waals surface area contributed by atoms with Crippen LogP contribution >= 0.6 is 0 Å². The molecule has 4 heteroatoms. The van der Waals surface area contributed by atoms with Crippen LogP contribution in [0.2, 0.25) is 0 Å². The van der Waals surface area contributed by atoms with Crippen molar-refractivity contribution in [2.45, 2.75) is 44.3 Å². The summed E-state index contributed by atoms with van der Waals surface area (Å²) in [5.74, 6) is 0. The lowest BCUT2D eigenvalue weighted by molar-refractivity contribution is 0.176. The van der Waals surface area contributed by atoms with Gasteiger partial charge in [0.25, 0.3) is 0 Å². The molecular formula is C15H21N3O. The second-order valence-corrected chi connectivity index (χ2v) is 5.64. The number of fused-ring (bicyclic) bond motifs is 1. The number of hydrogen-bond donors (Lipinski definition) is 1. The molecule has 0 radical (unpaired) electrons. The average molecular weight is 259 g/mol. The van der Waals surface area contributed by atoms with Gasteiger partial charge in [0.2, 0.25) is 0 Å². The Labute approximate surface area is 113 Å². The lowest BCUT2D eigenvalue weighted by Gasteiger charge is -2.33. The third kappa shape index (κ3) is 2.80. The van der Waals surface area contributed by atoms with E-state index in [0.717, 1.165) is 30.5 Å². The highest BCUT2D eigenvalue weighted by Gasteiger charge is 2.21. The van der Waals surface area contributed by atoms with E-state index in [2.05, 4.69) is 29.1 Å². The second-order valence-electron chi connectivity index (χ2n) is 5.64. The number of hydrogen-bond acceptors (Lipinski definition) is 4. The topological polar surface area (TPSA) is 55.3 Å². The van der Waals surface area contributed by atoms with Crippen LogP contribution in [0, 0.1) is 0 Å². The highest BCUT2D eigenvalue weighted by molar-refractivity contribution is 5.72. The predicted molar refractivity (Wildman–Crippen MR) is 75.7 cm³/mol. The molecule has 0 aliphatic heterocycles. The molecule has 4 nitrogen and oxygen atoms in total. The van der Waals surface area contributed by atoms with E-state index in [1.165, 1.54) is 24.8 Å².